The van der Waals surface area contributed by atoms with Crippen molar-refractivity contribution in [3.05, 3.63) is 0 Å². The zero-order valence-electron chi connectivity index (χ0n) is 10.1. The Kier molecular flexibility index (Phi) is 6.23. The van der Waals surface area contributed by atoms with E-state index in [1.54, 1.807) is 0 Å². The van der Waals surface area contributed by atoms with Gasteiger partial charge in [-0.3, -0.25) is 4.79 Å². The summed E-state index contributed by atoms with van der Waals surface area (Å²) in [4.78, 5) is 10.4. The maximum Gasteiger partial charge on any atom is 0.460 e. The molecule has 0 aliphatic rings. The quantitative estimate of drug-likeness (QED) is 0.265. The highest BCUT2D eigenvalue weighted by molar-refractivity contribution is 14.1. The molecule has 1 atom stereocenters. The lowest BCUT2D eigenvalue weighted by Crippen LogP contribution is -2.61. The molecule has 0 aromatic rings. The molecule has 12 heteroatoms. The van der Waals surface area contributed by atoms with Gasteiger partial charge in [-0.15, -0.1) is 0 Å². The third-order valence-corrected chi connectivity index (χ3v) is 2.96. The molecule has 1 unspecified atom stereocenters. The number of esters is 1. The fraction of sp³-hybridized carbons (Fsp3) is 0.889. The van der Waals surface area contributed by atoms with Gasteiger partial charge in [0.05, 0.1) is 3.92 Å². The smallest absolute Gasteiger partial charge is 0.460 e. The molecule has 0 saturated carbocycles. The van der Waals surface area contributed by atoms with Crippen LogP contribution in [0, 0.1) is 0 Å². The predicted molar refractivity (Wildman–Crippen MR) is 60.0 cm³/mol. The molecule has 0 radical (unpaired) electrons. The minimum absolute atomic E-state index is 0.834. The van der Waals surface area contributed by atoms with E-state index >= 15 is 0 Å². The minimum atomic E-state index is -6.90. The molecule has 0 aliphatic carbocycles. The minimum Gasteiger partial charge on any atom is -0.465 e. The Morgan fingerprint density at radius 1 is 1.00 bits per heavy atom. The first-order chi connectivity index (χ1) is 9.06. The number of hydrogen-bond donors (Lipinski definition) is 0. The van der Waals surface area contributed by atoms with E-state index in [-0.39, 0.29) is 0 Å². The summed E-state index contributed by atoms with van der Waals surface area (Å²) >= 11 is 1.07. The monoisotopic (exact) mass is 446 g/mol. The molecule has 0 aromatic carbocycles. The van der Waals surface area contributed by atoms with E-state index in [2.05, 4.69) is 4.74 Å². The SMILES string of the molecule is CC(=O)OCC(I)CC(F)(F)C(F)(F)C(F)(F)C(F)(F)F. The highest BCUT2D eigenvalue weighted by atomic mass is 127. The molecule has 0 N–H and O–H groups in total. The Balaban J connectivity index is 5.16. The fourth-order valence-electron chi connectivity index (χ4n) is 1.08. The number of ether oxygens (including phenoxy) is 1. The van der Waals surface area contributed by atoms with Crippen LogP contribution in [0.1, 0.15) is 13.3 Å². The first-order valence-corrected chi connectivity index (χ1v) is 6.28. The third kappa shape index (κ3) is 4.52. The van der Waals surface area contributed by atoms with Gasteiger partial charge in [0.1, 0.15) is 6.61 Å². The van der Waals surface area contributed by atoms with E-state index in [0.717, 1.165) is 29.5 Å². The second-order valence-electron chi connectivity index (χ2n) is 3.95. The van der Waals surface area contributed by atoms with Crippen molar-refractivity contribution < 1.29 is 49.0 Å². The van der Waals surface area contributed by atoms with Gasteiger partial charge >= 0.3 is 29.9 Å². The summed E-state index contributed by atoms with van der Waals surface area (Å²) < 4.78 is 115. The van der Waals surface area contributed by atoms with Crippen LogP contribution in [0.5, 0.6) is 0 Å². The van der Waals surface area contributed by atoms with E-state index in [0.29, 0.717) is 0 Å². The summed E-state index contributed by atoms with van der Waals surface area (Å²) in [7, 11) is 0. The van der Waals surface area contributed by atoms with E-state index in [1.165, 1.54) is 0 Å². The van der Waals surface area contributed by atoms with Crippen molar-refractivity contribution in [2.45, 2.75) is 41.2 Å². The van der Waals surface area contributed by atoms with Crippen molar-refractivity contribution in [3.63, 3.8) is 0 Å². The van der Waals surface area contributed by atoms with Crippen LogP contribution in [0.15, 0.2) is 0 Å². The number of rotatable bonds is 6. The first kappa shape index (κ1) is 20.6. The Labute approximate surface area is 126 Å². The van der Waals surface area contributed by atoms with E-state index in [4.69, 9.17) is 0 Å². The highest BCUT2D eigenvalue weighted by Crippen LogP contribution is 2.54. The molecule has 0 rings (SSSR count). The lowest BCUT2D eigenvalue weighted by molar-refractivity contribution is -0.396. The van der Waals surface area contributed by atoms with Gasteiger partial charge in [0.15, 0.2) is 0 Å². The van der Waals surface area contributed by atoms with Gasteiger partial charge in [0, 0.05) is 13.3 Å². The molecule has 126 valence electrons. The zero-order valence-corrected chi connectivity index (χ0v) is 12.2. The number of alkyl halides is 10. The summed E-state index contributed by atoms with van der Waals surface area (Å²) in [5, 5.41) is 0. The second kappa shape index (κ2) is 6.36. The summed E-state index contributed by atoms with van der Waals surface area (Å²) in [5.74, 6) is -20.1. The van der Waals surface area contributed by atoms with Crippen LogP contribution in [-0.2, 0) is 9.53 Å². The van der Waals surface area contributed by atoms with Crippen molar-refractivity contribution in [1.29, 1.82) is 0 Å². The van der Waals surface area contributed by atoms with Gasteiger partial charge in [-0.2, -0.15) is 39.5 Å². The molecule has 0 bridgehead atoms. The average molecular weight is 446 g/mol. The van der Waals surface area contributed by atoms with Crippen molar-refractivity contribution in [1.82, 2.24) is 0 Å². The topological polar surface area (TPSA) is 26.3 Å². The number of carbonyl (C=O) groups excluding carboxylic acids is 1. The highest BCUT2D eigenvalue weighted by Gasteiger charge is 2.81. The Morgan fingerprint density at radius 2 is 1.43 bits per heavy atom. The lowest BCUT2D eigenvalue weighted by atomic mass is 10.00. The van der Waals surface area contributed by atoms with Gasteiger partial charge in [-0.25, -0.2) is 0 Å². The molecule has 0 fully saturated rings. The van der Waals surface area contributed by atoms with Gasteiger partial charge in [0.2, 0.25) is 0 Å². The van der Waals surface area contributed by atoms with Crippen molar-refractivity contribution in [2.24, 2.45) is 0 Å². The average Bonchev–Trinajstić information content (AvgIpc) is 2.23. The summed E-state index contributed by atoms with van der Waals surface area (Å²) in [6.07, 6.45) is -8.86. The second-order valence-corrected chi connectivity index (χ2v) is 5.72. The van der Waals surface area contributed by atoms with Gasteiger partial charge in [-0.05, 0) is 0 Å². The van der Waals surface area contributed by atoms with Crippen molar-refractivity contribution in [3.8, 4) is 0 Å². The van der Waals surface area contributed by atoms with Gasteiger partial charge in [-0.1, -0.05) is 22.6 Å². The number of carbonyl (C=O) groups is 1. The molecule has 2 nitrogen and oxygen atoms in total. The van der Waals surface area contributed by atoms with Gasteiger partial charge in [0.25, 0.3) is 0 Å². The van der Waals surface area contributed by atoms with Crippen molar-refractivity contribution in [2.75, 3.05) is 6.61 Å². The molecule has 0 aliphatic heterocycles. The lowest BCUT2D eigenvalue weighted by Gasteiger charge is -2.34. The molecule has 0 spiro atoms. The standard InChI is InChI=1S/C9H8F9IO2/c1-4(20)21-3-5(19)2-6(10,11)7(12,13)8(14,15)9(16,17)18/h5H,2-3H2,1H3. The molecule has 0 saturated heterocycles. The Morgan fingerprint density at radius 3 is 1.76 bits per heavy atom. The molecule has 21 heavy (non-hydrogen) atoms. The maximum atomic E-state index is 13.1. The van der Waals surface area contributed by atoms with Crippen LogP contribution >= 0.6 is 22.6 Å². The largest absolute Gasteiger partial charge is 0.465 e. The van der Waals surface area contributed by atoms with Gasteiger partial charge < -0.3 is 4.74 Å². The van der Waals surface area contributed by atoms with Crippen LogP contribution in [-0.4, -0.2) is 40.4 Å². The summed E-state index contributed by atoms with van der Waals surface area (Å²) in [5.41, 5.74) is 0. The molecule has 0 amide bonds. The molecule has 0 aromatic heterocycles. The molecular formula is C9H8F9IO2. The van der Waals surface area contributed by atoms with E-state index in [1.807, 2.05) is 0 Å². The summed E-state index contributed by atoms with van der Waals surface area (Å²) in [6.45, 7) is 0.0348. The summed E-state index contributed by atoms with van der Waals surface area (Å²) in [6, 6.07) is 0. The van der Waals surface area contributed by atoms with Crippen LogP contribution < -0.4 is 0 Å². The maximum absolute atomic E-state index is 13.1. The van der Waals surface area contributed by atoms with Crippen LogP contribution in [0.2, 0.25) is 0 Å². The molecular weight excluding hydrogens is 438 g/mol. The Hall–Kier alpha value is -0.430. The fourth-order valence-corrected chi connectivity index (χ4v) is 1.81. The van der Waals surface area contributed by atoms with E-state index < -0.39 is 46.9 Å². The predicted octanol–water partition coefficient (Wildman–Crippen LogP) is 4.21. The molecule has 0 heterocycles. The van der Waals surface area contributed by atoms with E-state index in [9.17, 15) is 44.3 Å². The van der Waals surface area contributed by atoms with Crippen molar-refractivity contribution >= 4 is 28.6 Å². The number of halogens is 10. The third-order valence-electron chi connectivity index (χ3n) is 2.16. The number of hydrogen-bond acceptors (Lipinski definition) is 2. The Bertz CT molecular complexity index is 380. The zero-order chi connectivity index (χ0) is 17.3. The van der Waals surface area contributed by atoms with Crippen LogP contribution in [0.3, 0.4) is 0 Å². The van der Waals surface area contributed by atoms with Crippen LogP contribution in [0.25, 0.3) is 0 Å². The van der Waals surface area contributed by atoms with Crippen LogP contribution in [0.4, 0.5) is 39.5 Å². The first-order valence-electron chi connectivity index (χ1n) is 5.04. The normalized spacial score (nSPS) is 15.8.